The lowest BCUT2D eigenvalue weighted by molar-refractivity contribution is -0.154. The third kappa shape index (κ3) is 4.22. The number of hydrogen-bond acceptors (Lipinski definition) is 2. The van der Waals surface area contributed by atoms with Gasteiger partial charge in [0.05, 0.1) is 12.5 Å². The molecule has 1 N–H and O–H groups in total. The number of aliphatic hydroxyl groups excluding tert-OH is 1. The number of aliphatic hydroxyl groups is 1. The van der Waals surface area contributed by atoms with Crippen LogP contribution in [0.4, 0.5) is 18.9 Å². The summed E-state index contributed by atoms with van der Waals surface area (Å²) in [5.74, 6) is 0. The van der Waals surface area contributed by atoms with Crippen molar-refractivity contribution in [2.75, 3.05) is 18.0 Å². The fourth-order valence-electron chi connectivity index (χ4n) is 1.85. The Morgan fingerprint density at radius 3 is 2.33 bits per heavy atom. The summed E-state index contributed by atoms with van der Waals surface area (Å²) in [4.78, 5) is 2.02. The molecule has 0 saturated carbocycles. The van der Waals surface area contributed by atoms with Crippen LogP contribution in [0.2, 0.25) is 0 Å². The number of anilines is 1. The van der Waals surface area contributed by atoms with Gasteiger partial charge in [0.15, 0.2) is 0 Å². The van der Waals surface area contributed by atoms with Crippen LogP contribution in [0.5, 0.6) is 0 Å². The summed E-state index contributed by atoms with van der Waals surface area (Å²) in [6, 6.07) is 6.63. The van der Waals surface area contributed by atoms with Crippen LogP contribution in [0, 0.1) is 0 Å². The van der Waals surface area contributed by atoms with Crippen molar-refractivity contribution in [3.8, 4) is 0 Å². The minimum Gasteiger partial charge on any atom is -0.388 e. The van der Waals surface area contributed by atoms with Gasteiger partial charge in [0.1, 0.15) is 0 Å². The fourth-order valence-corrected chi connectivity index (χ4v) is 1.85. The smallest absolute Gasteiger partial charge is 0.388 e. The molecule has 0 spiro atoms. The summed E-state index contributed by atoms with van der Waals surface area (Å²) < 4.78 is 36.6. The molecule has 0 aliphatic carbocycles. The second kappa shape index (κ2) is 6.09. The van der Waals surface area contributed by atoms with Crippen LogP contribution in [0.25, 0.3) is 0 Å². The molecule has 5 heteroatoms. The second-order valence-electron chi connectivity index (χ2n) is 4.10. The Morgan fingerprint density at radius 1 is 1.22 bits per heavy atom. The molecule has 0 aliphatic heterocycles. The molecule has 0 heterocycles. The first-order valence-electron chi connectivity index (χ1n) is 5.97. The third-order valence-corrected chi connectivity index (χ3v) is 2.81. The van der Waals surface area contributed by atoms with Gasteiger partial charge in [-0.25, -0.2) is 0 Å². The summed E-state index contributed by atoms with van der Waals surface area (Å²) >= 11 is 0. The molecule has 1 unspecified atom stereocenters. The minimum atomic E-state index is -4.36. The minimum absolute atomic E-state index is 0.303. The molecule has 0 aromatic heterocycles. The molecule has 0 bridgehead atoms. The van der Waals surface area contributed by atoms with E-state index in [9.17, 15) is 18.3 Å². The van der Waals surface area contributed by atoms with Gasteiger partial charge in [-0.2, -0.15) is 13.2 Å². The van der Waals surface area contributed by atoms with Crippen LogP contribution in [-0.4, -0.2) is 24.4 Å². The van der Waals surface area contributed by atoms with Gasteiger partial charge in [-0.05, 0) is 31.5 Å². The molecule has 0 amide bonds. The van der Waals surface area contributed by atoms with Gasteiger partial charge < -0.3 is 10.0 Å². The van der Waals surface area contributed by atoms with Crippen molar-refractivity contribution in [2.45, 2.75) is 32.5 Å². The van der Waals surface area contributed by atoms with Crippen LogP contribution in [0.3, 0.4) is 0 Å². The zero-order valence-electron chi connectivity index (χ0n) is 10.5. The summed E-state index contributed by atoms with van der Waals surface area (Å²) in [6.07, 6.45) is -7.07. The average Bonchev–Trinajstić information content (AvgIpc) is 2.29. The molecule has 0 fully saturated rings. The van der Waals surface area contributed by atoms with E-state index in [0.29, 0.717) is 5.56 Å². The third-order valence-electron chi connectivity index (χ3n) is 2.81. The zero-order chi connectivity index (χ0) is 13.8. The largest absolute Gasteiger partial charge is 0.391 e. The molecule has 1 rings (SSSR count). The quantitative estimate of drug-likeness (QED) is 0.876. The first-order chi connectivity index (χ1) is 8.37. The molecule has 1 aromatic carbocycles. The number of nitrogens with zero attached hydrogens (tertiary/aromatic N) is 1. The molecule has 1 aromatic rings. The molecule has 0 radical (unpaired) electrons. The van der Waals surface area contributed by atoms with Gasteiger partial charge >= 0.3 is 6.18 Å². The topological polar surface area (TPSA) is 23.5 Å². The molecular weight excluding hydrogens is 243 g/mol. The summed E-state index contributed by atoms with van der Waals surface area (Å²) in [5.41, 5.74) is 1.13. The van der Waals surface area contributed by atoms with Crippen LogP contribution < -0.4 is 4.90 Å². The molecule has 0 aliphatic rings. The molecule has 102 valence electrons. The van der Waals surface area contributed by atoms with E-state index >= 15 is 0 Å². The number of rotatable bonds is 5. The lowest BCUT2D eigenvalue weighted by atomic mass is 10.1. The van der Waals surface area contributed by atoms with Gasteiger partial charge in [-0.15, -0.1) is 0 Å². The molecule has 2 nitrogen and oxygen atoms in total. The van der Waals surface area contributed by atoms with Gasteiger partial charge in [-0.1, -0.05) is 12.1 Å². The maximum atomic E-state index is 12.2. The van der Waals surface area contributed by atoms with Crippen LogP contribution in [0.15, 0.2) is 24.3 Å². The Labute approximate surface area is 105 Å². The monoisotopic (exact) mass is 261 g/mol. The van der Waals surface area contributed by atoms with E-state index < -0.39 is 18.7 Å². The van der Waals surface area contributed by atoms with E-state index in [-0.39, 0.29) is 0 Å². The Balaban J connectivity index is 2.87. The zero-order valence-corrected chi connectivity index (χ0v) is 10.5. The van der Waals surface area contributed by atoms with Crippen molar-refractivity contribution in [1.29, 1.82) is 0 Å². The Kier molecular flexibility index (Phi) is 5.02. The maximum Gasteiger partial charge on any atom is 0.391 e. The van der Waals surface area contributed by atoms with Crippen molar-refractivity contribution in [3.05, 3.63) is 29.8 Å². The van der Waals surface area contributed by atoms with Crippen LogP contribution in [0.1, 0.15) is 31.9 Å². The molecule has 0 saturated heterocycles. The predicted molar refractivity (Wildman–Crippen MR) is 65.6 cm³/mol. The maximum absolute atomic E-state index is 12.2. The number of halogens is 3. The van der Waals surface area contributed by atoms with E-state index in [1.54, 1.807) is 12.1 Å². The van der Waals surface area contributed by atoms with E-state index in [1.165, 1.54) is 6.07 Å². The van der Waals surface area contributed by atoms with Crippen molar-refractivity contribution < 1.29 is 18.3 Å². The summed E-state index contributed by atoms with van der Waals surface area (Å²) in [6.45, 7) is 5.50. The van der Waals surface area contributed by atoms with Crippen molar-refractivity contribution in [3.63, 3.8) is 0 Å². The first kappa shape index (κ1) is 14.8. The van der Waals surface area contributed by atoms with E-state index in [0.717, 1.165) is 18.8 Å². The number of benzene rings is 1. The lowest BCUT2D eigenvalue weighted by Gasteiger charge is -2.22. The molecule has 18 heavy (non-hydrogen) atoms. The van der Waals surface area contributed by atoms with Crippen molar-refractivity contribution in [2.24, 2.45) is 0 Å². The molecular formula is C13H18F3NO. The van der Waals surface area contributed by atoms with Crippen LogP contribution in [-0.2, 0) is 0 Å². The normalized spacial score (nSPS) is 13.4. The standard InChI is InChI=1S/C13H18F3NO/c1-3-17(4-2)11-7-5-6-10(8-11)12(18)9-13(14,15)16/h5-8,12,18H,3-4,9H2,1-2H3. The predicted octanol–water partition coefficient (Wildman–Crippen LogP) is 3.52. The van der Waals surface area contributed by atoms with Gasteiger partial charge in [-0.3, -0.25) is 0 Å². The second-order valence-corrected chi connectivity index (χ2v) is 4.10. The fraction of sp³-hybridized carbons (Fsp3) is 0.538. The highest BCUT2D eigenvalue weighted by Gasteiger charge is 2.31. The molecule has 1 atom stereocenters. The summed E-state index contributed by atoms with van der Waals surface area (Å²) in [7, 11) is 0. The van der Waals surface area contributed by atoms with E-state index in [2.05, 4.69) is 0 Å². The van der Waals surface area contributed by atoms with E-state index in [1.807, 2.05) is 24.8 Å². The number of hydrogen-bond donors (Lipinski definition) is 1. The summed E-state index contributed by atoms with van der Waals surface area (Å²) in [5, 5.41) is 9.57. The number of alkyl halides is 3. The van der Waals surface area contributed by atoms with Gasteiger partial charge in [0.2, 0.25) is 0 Å². The van der Waals surface area contributed by atoms with Crippen LogP contribution >= 0.6 is 0 Å². The average molecular weight is 261 g/mol. The highest BCUT2D eigenvalue weighted by Crippen LogP contribution is 2.30. The van der Waals surface area contributed by atoms with Crippen molar-refractivity contribution >= 4 is 5.69 Å². The van der Waals surface area contributed by atoms with Crippen molar-refractivity contribution in [1.82, 2.24) is 0 Å². The van der Waals surface area contributed by atoms with Gasteiger partial charge in [0.25, 0.3) is 0 Å². The Bertz CT molecular complexity index is 375. The lowest BCUT2D eigenvalue weighted by Crippen LogP contribution is -2.22. The van der Waals surface area contributed by atoms with Gasteiger partial charge in [0, 0.05) is 18.8 Å². The Hall–Kier alpha value is -1.23. The highest BCUT2D eigenvalue weighted by molar-refractivity contribution is 5.48. The SMILES string of the molecule is CCN(CC)c1cccc(C(O)CC(F)(F)F)c1. The first-order valence-corrected chi connectivity index (χ1v) is 5.97. The van der Waals surface area contributed by atoms with E-state index in [4.69, 9.17) is 0 Å². The highest BCUT2D eigenvalue weighted by atomic mass is 19.4. The Morgan fingerprint density at radius 2 is 1.83 bits per heavy atom.